The highest BCUT2D eigenvalue weighted by molar-refractivity contribution is 5.72. The van der Waals surface area contributed by atoms with Crippen LogP contribution in [-0.2, 0) is 0 Å². The Labute approximate surface area is 126 Å². The predicted molar refractivity (Wildman–Crippen MR) is 84.2 cm³/mol. The third kappa shape index (κ3) is 2.37. The van der Waals surface area contributed by atoms with Crippen LogP contribution in [0, 0.1) is 0 Å². The molecule has 0 aliphatic carbocycles. The number of nitrogens with one attached hydrogen (secondary N) is 1. The zero-order valence-corrected chi connectivity index (χ0v) is 11.6. The van der Waals surface area contributed by atoms with Crippen molar-refractivity contribution in [3.05, 3.63) is 67.3 Å². The van der Waals surface area contributed by atoms with Gasteiger partial charge in [-0.3, -0.25) is 4.98 Å². The van der Waals surface area contributed by atoms with Crippen LogP contribution in [0.25, 0.3) is 16.9 Å². The molecule has 0 fully saturated rings. The van der Waals surface area contributed by atoms with E-state index in [1.54, 1.807) is 18.6 Å². The van der Waals surface area contributed by atoms with E-state index < -0.39 is 0 Å². The van der Waals surface area contributed by atoms with Gasteiger partial charge in [-0.15, -0.1) is 0 Å². The molecule has 4 rings (SSSR count). The summed E-state index contributed by atoms with van der Waals surface area (Å²) in [6.07, 6.45) is 6.96. The van der Waals surface area contributed by atoms with Gasteiger partial charge in [0.15, 0.2) is 5.65 Å². The number of benzene rings is 1. The van der Waals surface area contributed by atoms with Gasteiger partial charge < -0.3 is 5.32 Å². The fourth-order valence-electron chi connectivity index (χ4n) is 2.18. The van der Waals surface area contributed by atoms with Crippen molar-refractivity contribution in [3.8, 4) is 5.69 Å². The summed E-state index contributed by atoms with van der Waals surface area (Å²) >= 11 is 0. The summed E-state index contributed by atoms with van der Waals surface area (Å²) in [6.45, 7) is 0. The summed E-state index contributed by atoms with van der Waals surface area (Å²) in [6, 6.07) is 13.7. The maximum absolute atomic E-state index is 4.43. The van der Waals surface area contributed by atoms with Crippen LogP contribution < -0.4 is 5.32 Å². The monoisotopic (exact) mass is 288 g/mol. The Kier molecular flexibility index (Phi) is 2.97. The maximum atomic E-state index is 4.43. The van der Waals surface area contributed by atoms with Gasteiger partial charge >= 0.3 is 0 Å². The van der Waals surface area contributed by atoms with Gasteiger partial charge in [0.2, 0.25) is 0 Å². The fraction of sp³-hybridized carbons (Fsp3) is 0. The van der Waals surface area contributed by atoms with Crippen molar-refractivity contribution in [1.82, 2.24) is 24.7 Å². The van der Waals surface area contributed by atoms with E-state index in [0.29, 0.717) is 11.5 Å². The van der Waals surface area contributed by atoms with E-state index >= 15 is 0 Å². The van der Waals surface area contributed by atoms with Crippen LogP contribution >= 0.6 is 0 Å². The molecule has 1 N–H and O–H groups in total. The molecule has 0 aliphatic rings. The van der Waals surface area contributed by atoms with E-state index in [1.807, 2.05) is 53.3 Å². The van der Waals surface area contributed by atoms with Crippen molar-refractivity contribution in [1.29, 1.82) is 0 Å². The van der Waals surface area contributed by atoms with Crippen molar-refractivity contribution >= 4 is 22.7 Å². The van der Waals surface area contributed by atoms with Crippen LogP contribution in [-0.4, -0.2) is 24.7 Å². The van der Waals surface area contributed by atoms with Gasteiger partial charge in [-0.25, -0.2) is 14.6 Å². The Morgan fingerprint density at radius 3 is 2.68 bits per heavy atom. The number of rotatable bonds is 3. The smallest absolute Gasteiger partial charge is 0.180 e. The minimum absolute atomic E-state index is 0.614. The molecule has 6 nitrogen and oxygen atoms in total. The summed E-state index contributed by atoms with van der Waals surface area (Å²) in [5.41, 5.74) is 3.25. The average Bonchev–Trinajstić information content (AvgIpc) is 3.04. The number of nitrogens with zero attached hydrogens (tertiary/aromatic N) is 5. The molecule has 0 aliphatic heterocycles. The molecule has 1 aromatic carbocycles. The van der Waals surface area contributed by atoms with Crippen molar-refractivity contribution in [2.24, 2.45) is 0 Å². The molecule has 0 unspecified atom stereocenters. The second kappa shape index (κ2) is 5.25. The predicted octanol–water partition coefficient (Wildman–Crippen LogP) is 2.95. The second-order valence-electron chi connectivity index (χ2n) is 4.73. The summed E-state index contributed by atoms with van der Waals surface area (Å²) < 4.78 is 1.81. The molecule has 0 amide bonds. The van der Waals surface area contributed by atoms with E-state index in [1.165, 1.54) is 0 Å². The Morgan fingerprint density at radius 2 is 1.77 bits per heavy atom. The second-order valence-corrected chi connectivity index (χ2v) is 4.73. The number of aromatic nitrogens is 5. The lowest BCUT2D eigenvalue weighted by molar-refractivity contribution is 0.881. The van der Waals surface area contributed by atoms with Crippen LogP contribution in [0.15, 0.2) is 67.3 Å². The van der Waals surface area contributed by atoms with Crippen molar-refractivity contribution in [2.75, 3.05) is 5.32 Å². The van der Waals surface area contributed by atoms with Crippen LogP contribution in [0.2, 0.25) is 0 Å². The van der Waals surface area contributed by atoms with E-state index in [9.17, 15) is 0 Å². The lowest BCUT2D eigenvalue weighted by atomic mass is 10.3. The standard InChI is InChI=1S/C16H12N6/c1-2-4-13(5-3-1)22-11-12(10-19-22)20-15-7-6-14-16(21-15)18-9-8-17-14/h1-11H,(H,18,20,21). The fourth-order valence-corrected chi connectivity index (χ4v) is 2.18. The number of hydrogen-bond donors (Lipinski definition) is 1. The van der Waals surface area contributed by atoms with E-state index in [2.05, 4.69) is 25.4 Å². The first-order chi connectivity index (χ1) is 10.9. The van der Waals surface area contributed by atoms with Gasteiger partial charge in [-0.1, -0.05) is 18.2 Å². The first-order valence-corrected chi connectivity index (χ1v) is 6.83. The molecule has 0 spiro atoms. The molecule has 0 bridgehead atoms. The van der Waals surface area contributed by atoms with E-state index in [4.69, 9.17) is 0 Å². The molecule has 0 atom stereocenters. The number of hydrogen-bond acceptors (Lipinski definition) is 5. The van der Waals surface area contributed by atoms with Gasteiger partial charge in [0.1, 0.15) is 11.3 Å². The molecule has 3 heterocycles. The Morgan fingerprint density at radius 1 is 0.909 bits per heavy atom. The SMILES string of the molecule is c1ccc(-n2cc(Nc3ccc4nccnc4n3)cn2)cc1. The third-order valence-corrected chi connectivity index (χ3v) is 3.21. The first-order valence-electron chi connectivity index (χ1n) is 6.83. The maximum Gasteiger partial charge on any atom is 0.180 e. The quantitative estimate of drug-likeness (QED) is 0.627. The topological polar surface area (TPSA) is 68.5 Å². The highest BCUT2D eigenvalue weighted by Gasteiger charge is 2.03. The molecule has 4 aromatic rings. The van der Waals surface area contributed by atoms with Crippen LogP contribution in [0.4, 0.5) is 11.5 Å². The average molecular weight is 288 g/mol. The normalized spacial score (nSPS) is 10.7. The lowest BCUT2D eigenvalue weighted by Gasteiger charge is -2.03. The summed E-state index contributed by atoms with van der Waals surface area (Å²) in [5.74, 6) is 0.709. The Hall–Kier alpha value is -3.28. The number of fused-ring (bicyclic) bond motifs is 1. The zero-order valence-electron chi connectivity index (χ0n) is 11.6. The Balaban J connectivity index is 1.61. The van der Waals surface area contributed by atoms with E-state index in [0.717, 1.165) is 16.9 Å². The highest BCUT2D eigenvalue weighted by atomic mass is 15.3. The number of pyridine rings is 1. The zero-order chi connectivity index (χ0) is 14.8. The summed E-state index contributed by atoms with van der Waals surface area (Å²) in [4.78, 5) is 12.8. The molecular weight excluding hydrogens is 276 g/mol. The van der Waals surface area contributed by atoms with Gasteiger partial charge in [0.25, 0.3) is 0 Å². The lowest BCUT2D eigenvalue weighted by Crippen LogP contribution is -1.95. The van der Waals surface area contributed by atoms with Crippen LogP contribution in [0.5, 0.6) is 0 Å². The molecule has 3 aromatic heterocycles. The molecule has 22 heavy (non-hydrogen) atoms. The Bertz CT molecular complexity index is 916. The minimum atomic E-state index is 0.614. The van der Waals surface area contributed by atoms with E-state index in [-0.39, 0.29) is 0 Å². The van der Waals surface area contributed by atoms with Crippen LogP contribution in [0.3, 0.4) is 0 Å². The largest absolute Gasteiger partial charge is 0.338 e. The molecule has 106 valence electrons. The van der Waals surface area contributed by atoms with Gasteiger partial charge in [0.05, 0.1) is 23.8 Å². The van der Waals surface area contributed by atoms with Crippen molar-refractivity contribution in [3.63, 3.8) is 0 Å². The van der Waals surface area contributed by atoms with Gasteiger partial charge in [-0.2, -0.15) is 5.10 Å². The third-order valence-electron chi connectivity index (χ3n) is 3.21. The van der Waals surface area contributed by atoms with Crippen molar-refractivity contribution < 1.29 is 0 Å². The van der Waals surface area contributed by atoms with Crippen molar-refractivity contribution in [2.45, 2.75) is 0 Å². The van der Waals surface area contributed by atoms with Crippen LogP contribution in [0.1, 0.15) is 0 Å². The highest BCUT2D eigenvalue weighted by Crippen LogP contribution is 2.17. The number of para-hydroxylation sites is 1. The minimum Gasteiger partial charge on any atom is -0.338 e. The molecule has 0 saturated heterocycles. The number of anilines is 2. The molecule has 6 heteroatoms. The first kappa shape index (κ1) is 12.5. The molecule has 0 radical (unpaired) electrons. The summed E-state index contributed by atoms with van der Waals surface area (Å²) in [5, 5.41) is 7.57. The van der Waals surface area contributed by atoms with Gasteiger partial charge in [0, 0.05) is 12.4 Å². The molecular formula is C16H12N6. The van der Waals surface area contributed by atoms with Gasteiger partial charge in [-0.05, 0) is 24.3 Å². The molecule has 0 saturated carbocycles. The summed E-state index contributed by atoms with van der Waals surface area (Å²) in [7, 11) is 0.